The summed E-state index contributed by atoms with van der Waals surface area (Å²) in [5, 5.41) is 12.2. The first-order valence-electron chi connectivity index (χ1n) is 7.31. The van der Waals surface area contributed by atoms with Gasteiger partial charge in [0, 0.05) is 17.1 Å². The molecular weight excluding hydrogens is 234 g/mol. The summed E-state index contributed by atoms with van der Waals surface area (Å²) in [6.07, 6.45) is 7.24. The van der Waals surface area contributed by atoms with Gasteiger partial charge in [-0.3, -0.25) is 4.98 Å². The Morgan fingerprint density at radius 3 is 3.00 bits per heavy atom. The van der Waals surface area contributed by atoms with Crippen LogP contribution in [-0.2, 0) is 5.60 Å². The molecule has 1 N–H and O–H groups in total. The molecule has 0 radical (unpaired) electrons. The first-order valence-corrected chi connectivity index (χ1v) is 7.31. The average molecular weight is 255 g/mol. The van der Waals surface area contributed by atoms with Crippen molar-refractivity contribution >= 4 is 10.9 Å². The maximum Gasteiger partial charge on any atom is 0.0939 e. The Morgan fingerprint density at radius 1 is 1.32 bits per heavy atom. The van der Waals surface area contributed by atoms with Crippen molar-refractivity contribution in [3.05, 3.63) is 42.1 Å². The number of aliphatic hydroxyl groups is 1. The molecule has 0 amide bonds. The maximum atomic E-state index is 11.1. The third kappa shape index (κ3) is 2.14. The summed E-state index contributed by atoms with van der Waals surface area (Å²) in [6.45, 7) is 2.18. The van der Waals surface area contributed by atoms with Gasteiger partial charge in [0.25, 0.3) is 0 Å². The molecule has 1 saturated carbocycles. The Labute approximate surface area is 114 Å². The van der Waals surface area contributed by atoms with Gasteiger partial charge in [0.15, 0.2) is 0 Å². The molecule has 1 aliphatic carbocycles. The first kappa shape index (κ1) is 12.6. The number of nitrogens with zero attached hydrogens (tertiary/aromatic N) is 1. The first-order chi connectivity index (χ1) is 9.24. The van der Waals surface area contributed by atoms with Crippen molar-refractivity contribution in [2.75, 3.05) is 0 Å². The van der Waals surface area contributed by atoms with Crippen molar-refractivity contribution in [2.45, 2.75) is 44.6 Å². The van der Waals surface area contributed by atoms with Crippen molar-refractivity contribution in [2.24, 2.45) is 5.92 Å². The number of benzene rings is 1. The lowest BCUT2D eigenvalue weighted by molar-refractivity contribution is -0.0558. The van der Waals surface area contributed by atoms with Crippen molar-refractivity contribution in [3.8, 4) is 0 Å². The number of rotatable bonds is 2. The predicted octanol–water partition coefficient (Wildman–Crippen LogP) is 4.02. The monoisotopic (exact) mass is 255 g/mol. The molecule has 1 fully saturated rings. The summed E-state index contributed by atoms with van der Waals surface area (Å²) < 4.78 is 0. The van der Waals surface area contributed by atoms with Gasteiger partial charge in [-0.25, -0.2) is 0 Å². The molecule has 2 unspecified atom stereocenters. The summed E-state index contributed by atoms with van der Waals surface area (Å²) in [5.41, 5.74) is 1.32. The number of hydrogen-bond donors (Lipinski definition) is 1. The summed E-state index contributed by atoms with van der Waals surface area (Å²) in [6, 6.07) is 10.2. The lowest BCUT2D eigenvalue weighted by atomic mass is 9.70. The third-order valence-corrected chi connectivity index (χ3v) is 4.62. The minimum Gasteiger partial charge on any atom is -0.385 e. The van der Waals surface area contributed by atoms with Gasteiger partial charge in [-0.2, -0.15) is 0 Å². The average Bonchev–Trinajstić information content (AvgIpc) is 2.47. The number of pyridine rings is 1. The SMILES string of the molecule is CCC1CCCCC1(O)c1cnc2ccccc2c1. The molecule has 2 heteroatoms. The van der Waals surface area contributed by atoms with Gasteiger partial charge >= 0.3 is 0 Å². The van der Waals surface area contributed by atoms with Crippen LogP contribution in [0.3, 0.4) is 0 Å². The van der Waals surface area contributed by atoms with Crippen LogP contribution in [0, 0.1) is 5.92 Å². The zero-order valence-electron chi connectivity index (χ0n) is 11.5. The number of hydrogen-bond acceptors (Lipinski definition) is 2. The summed E-state index contributed by atoms with van der Waals surface area (Å²) in [4.78, 5) is 4.51. The van der Waals surface area contributed by atoms with Crippen LogP contribution in [0.25, 0.3) is 10.9 Å². The Kier molecular flexibility index (Phi) is 3.28. The summed E-state index contributed by atoms with van der Waals surface area (Å²) >= 11 is 0. The number of aromatic nitrogens is 1. The van der Waals surface area contributed by atoms with Gasteiger partial charge in [0.2, 0.25) is 0 Å². The smallest absolute Gasteiger partial charge is 0.0939 e. The molecule has 2 atom stereocenters. The van der Waals surface area contributed by atoms with Crippen molar-refractivity contribution in [3.63, 3.8) is 0 Å². The maximum absolute atomic E-state index is 11.1. The van der Waals surface area contributed by atoms with E-state index in [1.165, 1.54) is 6.42 Å². The standard InChI is InChI=1S/C17H21NO/c1-2-14-8-5-6-10-17(14,19)15-11-13-7-3-4-9-16(13)18-12-15/h3-4,7,9,11-12,14,19H,2,5-6,8,10H2,1H3. The highest BCUT2D eigenvalue weighted by molar-refractivity contribution is 5.78. The molecule has 1 heterocycles. The van der Waals surface area contributed by atoms with Crippen LogP contribution in [0.5, 0.6) is 0 Å². The normalized spacial score (nSPS) is 27.6. The van der Waals surface area contributed by atoms with Crippen molar-refractivity contribution < 1.29 is 5.11 Å². The molecule has 0 bridgehead atoms. The zero-order valence-corrected chi connectivity index (χ0v) is 11.5. The largest absolute Gasteiger partial charge is 0.385 e. The topological polar surface area (TPSA) is 33.1 Å². The van der Waals surface area contributed by atoms with Gasteiger partial charge in [0.1, 0.15) is 0 Å². The minimum atomic E-state index is -0.677. The van der Waals surface area contributed by atoms with Crippen LogP contribution in [0.15, 0.2) is 36.5 Å². The van der Waals surface area contributed by atoms with Crippen LogP contribution in [0.4, 0.5) is 0 Å². The predicted molar refractivity (Wildman–Crippen MR) is 77.9 cm³/mol. The van der Waals surface area contributed by atoms with Gasteiger partial charge in [-0.1, -0.05) is 44.4 Å². The molecule has 0 saturated heterocycles. The van der Waals surface area contributed by atoms with Gasteiger partial charge in [-0.05, 0) is 30.9 Å². The van der Waals surface area contributed by atoms with Crippen LogP contribution >= 0.6 is 0 Å². The van der Waals surface area contributed by atoms with E-state index in [0.29, 0.717) is 5.92 Å². The van der Waals surface area contributed by atoms with Gasteiger partial charge < -0.3 is 5.11 Å². The zero-order chi connectivity index (χ0) is 13.3. The molecule has 1 aromatic carbocycles. The molecule has 19 heavy (non-hydrogen) atoms. The quantitative estimate of drug-likeness (QED) is 0.879. The van der Waals surface area contributed by atoms with Gasteiger partial charge in [-0.15, -0.1) is 0 Å². The lowest BCUT2D eigenvalue weighted by Gasteiger charge is -2.40. The van der Waals surface area contributed by atoms with Gasteiger partial charge in [0.05, 0.1) is 11.1 Å². The molecule has 2 nitrogen and oxygen atoms in total. The Bertz CT molecular complexity index is 580. The van der Waals surface area contributed by atoms with E-state index in [1.54, 1.807) is 0 Å². The van der Waals surface area contributed by atoms with Crippen molar-refractivity contribution in [1.82, 2.24) is 4.98 Å². The highest BCUT2D eigenvalue weighted by Gasteiger charge is 2.39. The summed E-state index contributed by atoms with van der Waals surface area (Å²) in [5.74, 6) is 0.365. The second-order valence-corrected chi connectivity index (χ2v) is 5.69. The molecule has 1 aliphatic rings. The number of para-hydroxylation sites is 1. The van der Waals surface area contributed by atoms with Crippen LogP contribution < -0.4 is 0 Å². The van der Waals surface area contributed by atoms with E-state index in [0.717, 1.165) is 42.1 Å². The summed E-state index contributed by atoms with van der Waals surface area (Å²) in [7, 11) is 0. The van der Waals surface area contributed by atoms with E-state index in [2.05, 4.69) is 24.0 Å². The van der Waals surface area contributed by atoms with Crippen molar-refractivity contribution in [1.29, 1.82) is 0 Å². The van der Waals surface area contributed by atoms with E-state index in [-0.39, 0.29) is 0 Å². The Hall–Kier alpha value is -1.41. The third-order valence-electron chi connectivity index (χ3n) is 4.62. The van der Waals surface area contributed by atoms with Crippen LogP contribution in [-0.4, -0.2) is 10.1 Å². The molecular formula is C17H21NO. The Morgan fingerprint density at radius 2 is 2.16 bits per heavy atom. The van der Waals surface area contributed by atoms with Crippen LogP contribution in [0.1, 0.15) is 44.6 Å². The second kappa shape index (κ2) is 4.93. The van der Waals surface area contributed by atoms with E-state index >= 15 is 0 Å². The second-order valence-electron chi connectivity index (χ2n) is 5.69. The van der Waals surface area contributed by atoms with E-state index < -0.39 is 5.60 Å². The fourth-order valence-corrected chi connectivity index (χ4v) is 3.46. The number of fused-ring (bicyclic) bond motifs is 1. The molecule has 2 aromatic rings. The molecule has 1 aromatic heterocycles. The van der Waals surface area contributed by atoms with E-state index in [9.17, 15) is 5.11 Å². The minimum absolute atomic E-state index is 0.365. The Balaban J connectivity index is 2.06. The fraction of sp³-hybridized carbons (Fsp3) is 0.471. The molecule has 0 spiro atoms. The lowest BCUT2D eigenvalue weighted by Crippen LogP contribution is -2.37. The highest BCUT2D eigenvalue weighted by atomic mass is 16.3. The highest BCUT2D eigenvalue weighted by Crippen LogP contribution is 2.43. The molecule has 0 aliphatic heterocycles. The fourth-order valence-electron chi connectivity index (χ4n) is 3.46. The van der Waals surface area contributed by atoms with E-state index in [1.807, 2.05) is 24.4 Å². The van der Waals surface area contributed by atoms with E-state index in [4.69, 9.17) is 0 Å². The molecule has 3 rings (SSSR count). The van der Waals surface area contributed by atoms with Crippen LogP contribution in [0.2, 0.25) is 0 Å². The molecule has 100 valence electrons.